The zero-order valence-corrected chi connectivity index (χ0v) is 19.8. The highest BCUT2D eigenvalue weighted by atomic mass is 32.2. The van der Waals surface area contributed by atoms with E-state index in [1.807, 2.05) is 32.2 Å². The predicted octanol–water partition coefficient (Wildman–Crippen LogP) is 2.60. The number of fused-ring (bicyclic) bond motifs is 1. The van der Waals surface area contributed by atoms with Gasteiger partial charge in [0.1, 0.15) is 6.04 Å². The van der Waals surface area contributed by atoms with Gasteiger partial charge < -0.3 is 20.4 Å². The standard InChI is InChI=1S/C23H31N5O3S/c1-16-23(29)27(4)21-9-8-18(15-22(21)28(16)19-10-12-24-13-11-19)25-17-6-5-7-20(14-17)32(30,31)26(2)3/h5-9,14-16,19,24-25H,10-13H2,1-4H3/t16-/m1/s1. The average Bonchev–Trinajstić information content (AvgIpc) is 2.78. The third kappa shape index (κ3) is 4.07. The van der Waals surface area contributed by atoms with Crippen LogP contribution < -0.4 is 20.4 Å². The third-order valence-corrected chi connectivity index (χ3v) is 8.13. The van der Waals surface area contributed by atoms with E-state index in [9.17, 15) is 13.2 Å². The fraction of sp³-hybridized carbons (Fsp3) is 0.435. The summed E-state index contributed by atoms with van der Waals surface area (Å²) >= 11 is 0. The van der Waals surface area contributed by atoms with Gasteiger partial charge in [0.05, 0.1) is 16.3 Å². The highest BCUT2D eigenvalue weighted by Crippen LogP contribution is 2.40. The van der Waals surface area contributed by atoms with Crippen molar-refractivity contribution < 1.29 is 13.2 Å². The van der Waals surface area contributed by atoms with Gasteiger partial charge >= 0.3 is 0 Å². The van der Waals surface area contributed by atoms with E-state index in [1.165, 1.54) is 18.4 Å². The molecule has 2 aromatic rings. The Labute approximate surface area is 190 Å². The Bertz CT molecular complexity index is 1110. The Balaban J connectivity index is 1.69. The summed E-state index contributed by atoms with van der Waals surface area (Å²) in [6.07, 6.45) is 1.98. The molecule has 1 saturated heterocycles. The van der Waals surface area contributed by atoms with Crippen molar-refractivity contribution in [1.29, 1.82) is 0 Å². The summed E-state index contributed by atoms with van der Waals surface area (Å²) in [5.74, 6) is 0.0957. The number of anilines is 4. The Kier molecular flexibility index (Phi) is 6.15. The molecule has 2 aliphatic rings. The van der Waals surface area contributed by atoms with E-state index >= 15 is 0 Å². The molecule has 4 rings (SSSR count). The van der Waals surface area contributed by atoms with Gasteiger partial charge in [-0.25, -0.2) is 12.7 Å². The molecule has 9 heteroatoms. The van der Waals surface area contributed by atoms with Crippen LogP contribution in [0.15, 0.2) is 47.4 Å². The first-order chi connectivity index (χ1) is 15.2. The van der Waals surface area contributed by atoms with Crippen LogP contribution >= 0.6 is 0 Å². The zero-order chi connectivity index (χ0) is 23.0. The fourth-order valence-electron chi connectivity index (χ4n) is 4.53. The number of sulfonamides is 1. The summed E-state index contributed by atoms with van der Waals surface area (Å²) in [5.41, 5.74) is 3.45. The molecule has 172 valence electrons. The number of carbonyl (C=O) groups excluding carboxylic acids is 1. The molecule has 0 saturated carbocycles. The zero-order valence-electron chi connectivity index (χ0n) is 19.0. The molecule has 1 amide bonds. The number of carbonyl (C=O) groups is 1. The van der Waals surface area contributed by atoms with Crippen molar-refractivity contribution in [2.45, 2.75) is 36.7 Å². The first kappa shape index (κ1) is 22.6. The van der Waals surface area contributed by atoms with Crippen LogP contribution in [0.2, 0.25) is 0 Å². The van der Waals surface area contributed by atoms with E-state index in [-0.39, 0.29) is 16.8 Å². The normalized spacial score (nSPS) is 19.9. The topological polar surface area (TPSA) is 85.0 Å². The van der Waals surface area contributed by atoms with Crippen LogP contribution in [0.3, 0.4) is 0 Å². The molecule has 0 unspecified atom stereocenters. The lowest BCUT2D eigenvalue weighted by atomic mass is 9.98. The molecule has 0 aromatic heterocycles. The summed E-state index contributed by atoms with van der Waals surface area (Å²) in [6, 6.07) is 12.8. The number of hydrogen-bond acceptors (Lipinski definition) is 6. The van der Waals surface area contributed by atoms with Gasteiger partial charge in [-0.2, -0.15) is 0 Å². The summed E-state index contributed by atoms with van der Waals surface area (Å²) < 4.78 is 26.2. The number of amides is 1. The molecular formula is C23H31N5O3S. The fourth-order valence-corrected chi connectivity index (χ4v) is 5.48. The molecule has 2 aromatic carbocycles. The second kappa shape index (κ2) is 8.73. The van der Waals surface area contributed by atoms with Crippen molar-refractivity contribution in [2.75, 3.05) is 49.3 Å². The van der Waals surface area contributed by atoms with Gasteiger partial charge in [0, 0.05) is 38.6 Å². The minimum absolute atomic E-state index is 0.0957. The molecule has 0 radical (unpaired) electrons. The van der Waals surface area contributed by atoms with Gasteiger partial charge in [-0.05, 0) is 69.3 Å². The van der Waals surface area contributed by atoms with Crippen molar-refractivity contribution in [3.8, 4) is 0 Å². The van der Waals surface area contributed by atoms with Crippen LogP contribution in [0.25, 0.3) is 0 Å². The molecule has 0 bridgehead atoms. The summed E-state index contributed by atoms with van der Waals surface area (Å²) in [5, 5.41) is 6.74. The van der Waals surface area contributed by atoms with E-state index < -0.39 is 10.0 Å². The quantitative estimate of drug-likeness (QED) is 0.718. The van der Waals surface area contributed by atoms with Gasteiger partial charge in [0.25, 0.3) is 0 Å². The minimum atomic E-state index is -3.52. The van der Waals surface area contributed by atoms with E-state index in [0.717, 1.165) is 43.0 Å². The Hall–Kier alpha value is -2.62. The number of rotatable bonds is 5. The van der Waals surface area contributed by atoms with Crippen LogP contribution in [-0.4, -0.2) is 64.9 Å². The molecule has 2 heterocycles. The first-order valence-corrected chi connectivity index (χ1v) is 12.3. The molecule has 8 nitrogen and oxygen atoms in total. The van der Waals surface area contributed by atoms with Gasteiger partial charge in [0.2, 0.25) is 15.9 Å². The summed E-state index contributed by atoms with van der Waals surface area (Å²) in [6.45, 7) is 3.86. The van der Waals surface area contributed by atoms with E-state index in [0.29, 0.717) is 11.7 Å². The maximum absolute atomic E-state index is 12.9. The number of likely N-dealkylation sites (N-methyl/N-ethyl adjacent to an activating group) is 1. The number of piperidine rings is 1. The van der Waals surface area contributed by atoms with E-state index in [4.69, 9.17) is 0 Å². The van der Waals surface area contributed by atoms with Crippen LogP contribution in [0.4, 0.5) is 22.7 Å². The Morgan fingerprint density at radius 2 is 1.72 bits per heavy atom. The second-order valence-electron chi connectivity index (χ2n) is 8.61. The van der Waals surface area contributed by atoms with Crippen molar-refractivity contribution in [3.63, 3.8) is 0 Å². The third-order valence-electron chi connectivity index (χ3n) is 6.32. The summed E-state index contributed by atoms with van der Waals surface area (Å²) in [7, 11) is 1.35. The van der Waals surface area contributed by atoms with E-state index in [1.54, 1.807) is 23.1 Å². The van der Waals surface area contributed by atoms with Crippen LogP contribution in [0.5, 0.6) is 0 Å². The smallest absolute Gasteiger partial charge is 0.249 e. The first-order valence-electron chi connectivity index (χ1n) is 10.9. The largest absolute Gasteiger partial charge is 0.355 e. The molecule has 0 spiro atoms. The second-order valence-corrected chi connectivity index (χ2v) is 10.8. The van der Waals surface area contributed by atoms with Crippen molar-refractivity contribution >= 4 is 38.7 Å². The van der Waals surface area contributed by atoms with Crippen molar-refractivity contribution in [1.82, 2.24) is 9.62 Å². The Morgan fingerprint density at radius 1 is 1.03 bits per heavy atom. The maximum atomic E-state index is 12.9. The van der Waals surface area contributed by atoms with Gasteiger partial charge in [0.15, 0.2) is 0 Å². The van der Waals surface area contributed by atoms with Gasteiger partial charge in [-0.3, -0.25) is 4.79 Å². The molecule has 0 aliphatic carbocycles. The molecular weight excluding hydrogens is 426 g/mol. The number of hydrogen-bond donors (Lipinski definition) is 2. The van der Waals surface area contributed by atoms with Crippen molar-refractivity contribution in [3.05, 3.63) is 42.5 Å². The number of nitrogens with one attached hydrogen (secondary N) is 2. The van der Waals surface area contributed by atoms with Crippen LogP contribution in [-0.2, 0) is 14.8 Å². The lowest BCUT2D eigenvalue weighted by Gasteiger charge is -2.46. The average molecular weight is 458 g/mol. The molecule has 1 fully saturated rings. The van der Waals surface area contributed by atoms with Crippen LogP contribution in [0, 0.1) is 0 Å². The predicted molar refractivity (Wildman–Crippen MR) is 128 cm³/mol. The Morgan fingerprint density at radius 3 is 2.41 bits per heavy atom. The molecule has 2 N–H and O–H groups in total. The number of nitrogens with zero attached hydrogens (tertiary/aromatic N) is 3. The molecule has 2 aliphatic heterocycles. The van der Waals surface area contributed by atoms with Crippen molar-refractivity contribution in [2.24, 2.45) is 0 Å². The van der Waals surface area contributed by atoms with Gasteiger partial charge in [-0.15, -0.1) is 0 Å². The SMILES string of the molecule is C[C@@H]1C(=O)N(C)c2ccc(Nc3cccc(S(=O)(=O)N(C)C)c3)cc2N1C1CCNCC1. The number of benzene rings is 2. The summed E-state index contributed by atoms with van der Waals surface area (Å²) in [4.78, 5) is 17.1. The lowest BCUT2D eigenvalue weighted by molar-refractivity contribution is -0.119. The molecule has 32 heavy (non-hydrogen) atoms. The highest BCUT2D eigenvalue weighted by Gasteiger charge is 2.37. The lowest BCUT2D eigenvalue weighted by Crippen LogP contribution is -2.56. The van der Waals surface area contributed by atoms with Crippen LogP contribution in [0.1, 0.15) is 19.8 Å². The van der Waals surface area contributed by atoms with E-state index in [2.05, 4.69) is 21.6 Å². The maximum Gasteiger partial charge on any atom is 0.249 e. The molecule has 1 atom stereocenters. The van der Waals surface area contributed by atoms with Gasteiger partial charge in [-0.1, -0.05) is 6.07 Å². The monoisotopic (exact) mass is 457 g/mol. The minimum Gasteiger partial charge on any atom is -0.355 e. The highest BCUT2D eigenvalue weighted by molar-refractivity contribution is 7.89.